The molecule has 3 aliphatic rings. The molecule has 0 heterocycles. The van der Waals surface area contributed by atoms with E-state index >= 15 is 0 Å². The molecule has 3 atom stereocenters. The molecule has 0 bridgehead atoms. The topological polar surface area (TPSA) is 9.23 Å². The lowest BCUT2D eigenvalue weighted by atomic mass is 9.69. The fourth-order valence-corrected chi connectivity index (χ4v) is 5.17. The number of halogens is 4. The highest BCUT2D eigenvalue weighted by Gasteiger charge is 2.48. The number of ether oxygens (including phenoxy) is 1. The van der Waals surface area contributed by atoms with E-state index in [4.69, 9.17) is 4.74 Å². The molecular weight excluding hydrogens is 332 g/mol. The van der Waals surface area contributed by atoms with Crippen LogP contribution in [0.5, 0.6) is 0 Å². The van der Waals surface area contributed by atoms with Gasteiger partial charge in [0, 0.05) is 0 Å². The highest BCUT2D eigenvalue weighted by molar-refractivity contribution is 4.87. The highest BCUT2D eigenvalue weighted by atomic mass is 19.3. The molecule has 0 saturated heterocycles. The molecule has 3 rings (SSSR count). The van der Waals surface area contributed by atoms with Crippen molar-refractivity contribution in [3.8, 4) is 0 Å². The van der Waals surface area contributed by atoms with Crippen LogP contribution in [0.2, 0.25) is 0 Å². The van der Waals surface area contributed by atoms with Gasteiger partial charge in [-0.3, -0.25) is 0 Å². The van der Waals surface area contributed by atoms with Gasteiger partial charge in [-0.2, -0.15) is 8.78 Å². The molecule has 0 N–H and O–H groups in total. The summed E-state index contributed by atoms with van der Waals surface area (Å²) in [4.78, 5) is 0. The predicted molar refractivity (Wildman–Crippen MR) is 90.0 cm³/mol. The van der Waals surface area contributed by atoms with Crippen LogP contribution >= 0.6 is 0 Å². The molecule has 3 saturated carbocycles. The summed E-state index contributed by atoms with van der Waals surface area (Å²) in [7, 11) is 0. The second kappa shape index (κ2) is 8.14. The maximum absolute atomic E-state index is 14.5. The Bertz CT molecular complexity index is 414. The van der Waals surface area contributed by atoms with E-state index in [1.165, 1.54) is 25.7 Å². The second-order valence-electron chi connectivity index (χ2n) is 8.74. The number of hydrogen-bond donors (Lipinski definition) is 0. The Balaban J connectivity index is 1.49. The minimum Gasteiger partial charge on any atom is -0.314 e. The van der Waals surface area contributed by atoms with E-state index in [-0.39, 0.29) is 12.8 Å². The Morgan fingerprint density at radius 3 is 1.92 bits per heavy atom. The van der Waals surface area contributed by atoms with Gasteiger partial charge in [-0.25, -0.2) is 8.78 Å². The molecule has 0 radical (unpaired) electrons. The van der Waals surface area contributed by atoms with E-state index in [0.717, 1.165) is 18.8 Å². The second-order valence-corrected chi connectivity index (χ2v) is 8.74. The molecule has 25 heavy (non-hydrogen) atoms. The van der Waals surface area contributed by atoms with Crippen molar-refractivity contribution >= 4 is 0 Å². The number of rotatable bonds is 4. The van der Waals surface area contributed by atoms with Gasteiger partial charge in [0.1, 0.15) is 6.17 Å². The molecule has 1 nitrogen and oxygen atoms in total. The van der Waals surface area contributed by atoms with E-state index in [2.05, 4.69) is 6.92 Å². The summed E-state index contributed by atoms with van der Waals surface area (Å²) in [5.74, 6) is 1.19. The van der Waals surface area contributed by atoms with Crippen LogP contribution in [0, 0.1) is 23.7 Å². The molecule has 3 fully saturated rings. The molecular formula is C20H32F4O. The van der Waals surface area contributed by atoms with Gasteiger partial charge in [-0.05, 0) is 75.5 Å². The third-order valence-electron chi connectivity index (χ3n) is 6.95. The average molecular weight is 364 g/mol. The largest absolute Gasteiger partial charge is 0.358 e. The van der Waals surface area contributed by atoms with Crippen LogP contribution in [0.4, 0.5) is 17.6 Å². The van der Waals surface area contributed by atoms with Crippen molar-refractivity contribution in [2.45, 2.75) is 102 Å². The van der Waals surface area contributed by atoms with Crippen LogP contribution < -0.4 is 0 Å². The van der Waals surface area contributed by atoms with E-state index in [1.807, 2.05) is 0 Å². The molecule has 0 aromatic carbocycles. The van der Waals surface area contributed by atoms with Gasteiger partial charge in [0.15, 0.2) is 6.17 Å². The van der Waals surface area contributed by atoms with Gasteiger partial charge >= 0.3 is 6.11 Å². The lowest BCUT2D eigenvalue weighted by Gasteiger charge is -2.40. The third-order valence-corrected chi connectivity index (χ3v) is 6.95. The van der Waals surface area contributed by atoms with Gasteiger partial charge in [0.05, 0.1) is 12.0 Å². The van der Waals surface area contributed by atoms with Crippen LogP contribution in [-0.2, 0) is 4.74 Å². The minimum absolute atomic E-state index is 0.109. The summed E-state index contributed by atoms with van der Waals surface area (Å²) in [6.45, 7) is 2.29. The Morgan fingerprint density at radius 2 is 1.32 bits per heavy atom. The maximum Gasteiger partial charge on any atom is 0.358 e. The van der Waals surface area contributed by atoms with Crippen LogP contribution in [0.25, 0.3) is 0 Å². The zero-order valence-electron chi connectivity index (χ0n) is 15.2. The van der Waals surface area contributed by atoms with E-state index < -0.39 is 30.5 Å². The van der Waals surface area contributed by atoms with Crippen molar-refractivity contribution in [2.75, 3.05) is 0 Å². The van der Waals surface area contributed by atoms with Crippen LogP contribution in [0.3, 0.4) is 0 Å². The predicted octanol–water partition coefficient (Wildman–Crippen LogP) is 6.46. The fourth-order valence-electron chi connectivity index (χ4n) is 5.17. The molecule has 5 heteroatoms. The molecule has 0 amide bonds. The smallest absolute Gasteiger partial charge is 0.314 e. The van der Waals surface area contributed by atoms with E-state index in [1.54, 1.807) is 0 Å². The van der Waals surface area contributed by atoms with Crippen molar-refractivity contribution in [1.82, 2.24) is 0 Å². The van der Waals surface area contributed by atoms with Gasteiger partial charge in [-0.15, -0.1) is 0 Å². The van der Waals surface area contributed by atoms with Crippen LogP contribution in [-0.4, -0.2) is 24.6 Å². The SMILES string of the molecule is CC1CCC(C2CCC(C(F)(F)OC3CCCC(F)C3F)CC2)CC1. The Labute approximate surface area is 148 Å². The standard InChI is InChI=1S/C20H32F4O/c1-13-5-7-14(8-6-13)15-9-11-16(12-10-15)20(23,24)25-18-4-2-3-17(21)19(18)22/h13-19H,2-12H2,1H3. The van der Waals surface area contributed by atoms with Crippen molar-refractivity contribution in [1.29, 1.82) is 0 Å². The Hall–Kier alpha value is -0.320. The van der Waals surface area contributed by atoms with Crippen LogP contribution in [0.15, 0.2) is 0 Å². The number of alkyl halides is 4. The quantitative estimate of drug-likeness (QED) is 0.520. The molecule has 146 valence electrons. The third kappa shape index (κ3) is 4.70. The Morgan fingerprint density at radius 1 is 0.760 bits per heavy atom. The fraction of sp³-hybridized carbons (Fsp3) is 1.00. The Kier molecular flexibility index (Phi) is 6.33. The first kappa shape index (κ1) is 19.4. The number of hydrogen-bond acceptors (Lipinski definition) is 1. The van der Waals surface area contributed by atoms with Gasteiger partial charge in [0.2, 0.25) is 0 Å². The van der Waals surface area contributed by atoms with Crippen molar-refractivity contribution < 1.29 is 22.3 Å². The maximum atomic E-state index is 14.5. The van der Waals surface area contributed by atoms with Crippen LogP contribution in [0.1, 0.15) is 77.6 Å². The highest BCUT2D eigenvalue weighted by Crippen LogP contribution is 2.46. The zero-order valence-corrected chi connectivity index (χ0v) is 15.2. The molecule has 3 aliphatic carbocycles. The van der Waals surface area contributed by atoms with Gasteiger partial charge in [0.25, 0.3) is 0 Å². The van der Waals surface area contributed by atoms with Crippen molar-refractivity contribution in [2.24, 2.45) is 23.7 Å². The molecule has 0 aliphatic heterocycles. The van der Waals surface area contributed by atoms with Crippen molar-refractivity contribution in [3.63, 3.8) is 0 Å². The first-order valence-corrected chi connectivity index (χ1v) is 10.2. The van der Waals surface area contributed by atoms with E-state index in [0.29, 0.717) is 31.1 Å². The molecule has 0 spiro atoms. The summed E-state index contributed by atoms with van der Waals surface area (Å²) in [5.41, 5.74) is 0. The summed E-state index contributed by atoms with van der Waals surface area (Å²) in [5, 5.41) is 0. The van der Waals surface area contributed by atoms with Crippen molar-refractivity contribution in [3.05, 3.63) is 0 Å². The first-order chi connectivity index (χ1) is 11.9. The van der Waals surface area contributed by atoms with E-state index in [9.17, 15) is 17.6 Å². The lowest BCUT2D eigenvalue weighted by molar-refractivity contribution is -0.311. The summed E-state index contributed by atoms with van der Waals surface area (Å²) in [6, 6.07) is 0. The molecule has 0 aromatic heterocycles. The lowest BCUT2D eigenvalue weighted by Crippen LogP contribution is -2.45. The normalized spacial score (nSPS) is 43.8. The molecule has 3 unspecified atom stereocenters. The summed E-state index contributed by atoms with van der Waals surface area (Å²) >= 11 is 0. The average Bonchev–Trinajstić information content (AvgIpc) is 2.60. The zero-order chi connectivity index (χ0) is 18.0. The first-order valence-electron chi connectivity index (χ1n) is 10.2. The van der Waals surface area contributed by atoms with Gasteiger partial charge in [-0.1, -0.05) is 19.8 Å². The molecule has 0 aromatic rings. The van der Waals surface area contributed by atoms with Gasteiger partial charge < -0.3 is 4.74 Å². The minimum atomic E-state index is -3.34. The summed E-state index contributed by atoms with van der Waals surface area (Å²) < 4.78 is 61.1. The summed E-state index contributed by atoms with van der Waals surface area (Å²) in [6.07, 6.45) is -0.0237. The monoisotopic (exact) mass is 364 g/mol.